The Kier molecular flexibility index (Phi) is 6.24. The molecule has 0 aromatic heterocycles. The van der Waals surface area contributed by atoms with Gasteiger partial charge in [-0.3, -0.25) is 14.9 Å². The Morgan fingerprint density at radius 3 is 2.43 bits per heavy atom. The van der Waals surface area contributed by atoms with E-state index in [0.717, 1.165) is 18.2 Å². The van der Waals surface area contributed by atoms with Crippen LogP contribution in [0.15, 0.2) is 36.4 Å². The molecule has 0 heterocycles. The summed E-state index contributed by atoms with van der Waals surface area (Å²) in [5, 5.41) is 13.4. The molecule has 1 amide bonds. The maximum atomic E-state index is 13.6. The summed E-state index contributed by atoms with van der Waals surface area (Å²) in [6.07, 6.45) is -1.33. The number of nitro benzene ring substituents is 1. The fourth-order valence-electron chi connectivity index (χ4n) is 2.28. The Bertz CT molecular complexity index is 933. The number of rotatable bonds is 6. The summed E-state index contributed by atoms with van der Waals surface area (Å²) in [6, 6.07) is 6.34. The third-order valence-corrected chi connectivity index (χ3v) is 3.73. The quantitative estimate of drug-likeness (QED) is 0.460. The fourth-order valence-corrected chi connectivity index (χ4v) is 2.28. The third-order valence-electron chi connectivity index (χ3n) is 3.73. The van der Waals surface area contributed by atoms with Crippen LogP contribution in [0.5, 0.6) is 0 Å². The summed E-state index contributed by atoms with van der Waals surface area (Å²) in [5.41, 5.74) is -0.408. The summed E-state index contributed by atoms with van der Waals surface area (Å²) in [6.45, 7) is 1.25. The largest absolute Gasteiger partial charge is 0.449 e. The van der Waals surface area contributed by atoms with E-state index in [1.807, 2.05) is 0 Å². The minimum absolute atomic E-state index is 0.120. The first-order chi connectivity index (χ1) is 13.1. The van der Waals surface area contributed by atoms with Crippen molar-refractivity contribution in [2.45, 2.75) is 13.0 Å². The minimum Gasteiger partial charge on any atom is -0.449 e. The molecule has 2 aromatic carbocycles. The van der Waals surface area contributed by atoms with Crippen LogP contribution in [0.1, 0.15) is 17.3 Å². The van der Waals surface area contributed by atoms with E-state index in [2.05, 4.69) is 5.32 Å². The van der Waals surface area contributed by atoms with Crippen LogP contribution in [0.3, 0.4) is 0 Å². The Balaban J connectivity index is 2.12. The van der Waals surface area contributed by atoms with Gasteiger partial charge in [-0.05, 0) is 31.2 Å². The highest BCUT2D eigenvalue weighted by Gasteiger charge is 2.23. The molecule has 0 radical (unpaired) electrons. The minimum atomic E-state index is -1.33. The number of halogens is 2. The number of carbonyl (C=O) groups is 2. The molecule has 0 aliphatic carbocycles. The van der Waals surface area contributed by atoms with E-state index in [1.54, 1.807) is 14.1 Å². The SMILES string of the molecule is C[C@@H](OC(=O)c1ccc(N(C)C)c([N+](=O)[O-])c1)C(=O)Nc1ccc(F)cc1F. The zero-order valence-corrected chi connectivity index (χ0v) is 15.2. The number of hydrogen-bond donors (Lipinski definition) is 1. The first-order valence-electron chi connectivity index (χ1n) is 8.02. The van der Waals surface area contributed by atoms with Crippen molar-refractivity contribution in [3.8, 4) is 0 Å². The second kappa shape index (κ2) is 8.42. The monoisotopic (exact) mass is 393 g/mol. The van der Waals surface area contributed by atoms with E-state index in [0.29, 0.717) is 11.8 Å². The molecule has 0 unspecified atom stereocenters. The van der Waals surface area contributed by atoms with Gasteiger partial charge in [-0.15, -0.1) is 0 Å². The lowest BCUT2D eigenvalue weighted by Gasteiger charge is -2.15. The van der Waals surface area contributed by atoms with E-state index in [-0.39, 0.29) is 16.9 Å². The summed E-state index contributed by atoms with van der Waals surface area (Å²) < 4.78 is 31.5. The first kappa shape index (κ1) is 20.7. The van der Waals surface area contributed by atoms with Crippen LogP contribution in [0.2, 0.25) is 0 Å². The van der Waals surface area contributed by atoms with Gasteiger partial charge in [-0.1, -0.05) is 0 Å². The highest BCUT2D eigenvalue weighted by Crippen LogP contribution is 2.28. The van der Waals surface area contributed by atoms with E-state index >= 15 is 0 Å². The number of nitrogens with one attached hydrogen (secondary N) is 1. The number of esters is 1. The zero-order chi connectivity index (χ0) is 21.0. The van der Waals surface area contributed by atoms with E-state index in [4.69, 9.17) is 4.74 Å². The molecule has 0 fully saturated rings. The van der Waals surface area contributed by atoms with Gasteiger partial charge >= 0.3 is 5.97 Å². The smallest absolute Gasteiger partial charge is 0.339 e. The Labute approximate surface area is 158 Å². The second-order valence-corrected chi connectivity index (χ2v) is 6.02. The van der Waals surface area contributed by atoms with Gasteiger partial charge in [-0.25, -0.2) is 13.6 Å². The molecule has 28 heavy (non-hydrogen) atoms. The standard InChI is InChI=1S/C18H17F2N3O5/c1-10(17(24)21-14-6-5-12(19)9-13(14)20)28-18(25)11-4-7-15(22(2)3)16(8-11)23(26)27/h4-10H,1-3H3,(H,21,24)/t10-/m1/s1. The van der Waals surface area contributed by atoms with E-state index in [9.17, 15) is 28.5 Å². The summed E-state index contributed by atoms with van der Waals surface area (Å²) >= 11 is 0. The summed E-state index contributed by atoms with van der Waals surface area (Å²) in [4.78, 5) is 36.4. The van der Waals surface area contributed by atoms with Crippen molar-refractivity contribution in [1.29, 1.82) is 0 Å². The van der Waals surface area contributed by atoms with Crippen molar-refractivity contribution in [3.05, 3.63) is 63.7 Å². The van der Waals surface area contributed by atoms with Crippen LogP contribution in [0.25, 0.3) is 0 Å². The van der Waals surface area contributed by atoms with Crippen LogP contribution < -0.4 is 10.2 Å². The predicted molar refractivity (Wildman–Crippen MR) is 97.3 cm³/mol. The summed E-state index contributed by atoms with van der Waals surface area (Å²) in [7, 11) is 3.22. The molecule has 2 rings (SSSR count). The summed E-state index contributed by atoms with van der Waals surface area (Å²) in [5.74, 6) is -3.60. The van der Waals surface area contributed by atoms with Crippen molar-refractivity contribution < 1.29 is 28.0 Å². The van der Waals surface area contributed by atoms with Crippen LogP contribution in [0.4, 0.5) is 25.8 Å². The average Bonchev–Trinajstić information content (AvgIpc) is 2.63. The highest BCUT2D eigenvalue weighted by molar-refractivity contribution is 5.98. The number of carbonyl (C=O) groups excluding carboxylic acids is 2. The van der Waals surface area contributed by atoms with Gasteiger partial charge in [0.25, 0.3) is 11.6 Å². The topological polar surface area (TPSA) is 102 Å². The molecule has 10 heteroatoms. The number of anilines is 2. The lowest BCUT2D eigenvalue weighted by molar-refractivity contribution is -0.384. The first-order valence-corrected chi connectivity index (χ1v) is 8.02. The molecule has 0 bridgehead atoms. The van der Waals surface area contributed by atoms with Gasteiger partial charge in [-0.2, -0.15) is 0 Å². The van der Waals surface area contributed by atoms with Crippen molar-refractivity contribution in [1.82, 2.24) is 0 Å². The number of nitrogens with zero attached hydrogens (tertiary/aromatic N) is 2. The molecule has 148 valence electrons. The molecule has 8 nitrogen and oxygen atoms in total. The molecule has 1 atom stereocenters. The van der Waals surface area contributed by atoms with E-state index < -0.39 is 34.5 Å². The number of ether oxygens (including phenoxy) is 1. The molecule has 0 spiro atoms. The van der Waals surface area contributed by atoms with Crippen molar-refractivity contribution >= 4 is 28.9 Å². The van der Waals surface area contributed by atoms with Gasteiger partial charge in [0.2, 0.25) is 0 Å². The maximum Gasteiger partial charge on any atom is 0.339 e. The fraction of sp³-hybridized carbons (Fsp3) is 0.222. The van der Waals surface area contributed by atoms with E-state index in [1.165, 1.54) is 24.0 Å². The van der Waals surface area contributed by atoms with Crippen LogP contribution >= 0.6 is 0 Å². The molecule has 0 aliphatic heterocycles. The van der Waals surface area contributed by atoms with Crippen molar-refractivity contribution in [3.63, 3.8) is 0 Å². The van der Waals surface area contributed by atoms with Gasteiger partial charge in [0.05, 0.1) is 16.2 Å². The van der Waals surface area contributed by atoms with Crippen molar-refractivity contribution in [2.24, 2.45) is 0 Å². The molecular weight excluding hydrogens is 376 g/mol. The maximum absolute atomic E-state index is 13.6. The van der Waals surface area contributed by atoms with Gasteiger partial charge in [0.1, 0.15) is 17.3 Å². The number of benzene rings is 2. The third kappa shape index (κ3) is 4.78. The number of nitro groups is 1. The lowest BCUT2D eigenvalue weighted by atomic mass is 10.1. The zero-order valence-electron chi connectivity index (χ0n) is 15.2. The Morgan fingerprint density at radius 2 is 1.86 bits per heavy atom. The van der Waals surface area contributed by atoms with Crippen LogP contribution in [-0.4, -0.2) is 37.0 Å². The molecule has 0 saturated carbocycles. The second-order valence-electron chi connectivity index (χ2n) is 6.02. The Hall–Kier alpha value is -3.56. The molecule has 2 aromatic rings. The van der Waals surface area contributed by atoms with Gasteiger partial charge in [0.15, 0.2) is 6.10 Å². The highest BCUT2D eigenvalue weighted by atomic mass is 19.1. The van der Waals surface area contributed by atoms with Crippen LogP contribution in [-0.2, 0) is 9.53 Å². The lowest BCUT2D eigenvalue weighted by Crippen LogP contribution is -2.30. The van der Waals surface area contributed by atoms with Crippen molar-refractivity contribution in [2.75, 3.05) is 24.3 Å². The van der Waals surface area contributed by atoms with Gasteiger partial charge in [0, 0.05) is 26.2 Å². The normalized spacial score (nSPS) is 11.5. The predicted octanol–water partition coefficient (Wildman–Crippen LogP) is 3.12. The Morgan fingerprint density at radius 1 is 1.18 bits per heavy atom. The molecule has 0 saturated heterocycles. The van der Waals surface area contributed by atoms with Gasteiger partial charge < -0.3 is 15.0 Å². The number of amides is 1. The molecule has 1 N–H and O–H groups in total. The molecular formula is C18H17F2N3O5. The molecule has 0 aliphatic rings. The average molecular weight is 393 g/mol. The van der Waals surface area contributed by atoms with Crippen LogP contribution in [0, 0.1) is 21.7 Å². The number of hydrogen-bond acceptors (Lipinski definition) is 6.